The molecule has 2 aromatic carbocycles. The van der Waals surface area contributed by atoms with Gasteiger partial charge in [0.1, 0.15) is 11.8 Å². The molecular formula is C13H8N2O3. The molecule has 0 saturated carbocycles. The van der Waals surface area contributed by atoms with Crippen molar-refractivity contribution in [2.24, 2.45) is 0 Å². The van der Waals surface area contributed by atoms with Gasteiger partial charge in [0.2, 0.25) is 5.75 Å². The minimum absolute atomic E-state index is 0.116. The number of nitro benzene ring substituents is 1. The summed E-state index contributed by atoms with van der Waals surface area (Å²) in [4.78, 5) is 10.3. The molecule has 0 amide bonds. The maximum atomic E-state index is 10.8. The van der Waals surface area contributed by atoms with Crippen molar-refractivity contribution in [1.82, 2.24) is 0 Å². The fourth-order valence-corrected chi connectivity index (χ4v) is 1.46. The predicted octanol–water partition coefficient (Wildman–Crippen LogP) is 3.26. The van der Waals surface area contributed by atoms with Crippen molar-refractivity contribution < 1.29 is 9.66 Å². The smallest absolute Gasteiger partial charge is 0.311 e. The van der Waals surface area contributed by atoms with Gasteiger partial charge in [-0.15, -0.1) is 0 Å². The normalized spacial score (nSPS) is 9.50. The number of rotatable bonds is 3. The summed E-state index contributed by atoms with van der Waals surface area (Å²) in [7, 11) is 0. The number of benzene rings is 2. The molecule has 0 radical (unpaired) electrons. The van der Waals surface area contributed by atoms with E-state index in [0.717, 1.165) is 0 Å². The molecule has 5 heteroatoms. The Morgan fingerprint density at radius 3 is 2.33 bits per heavy atom. The van der Waals surface area contributed by atoms with Gasteiger partial charge in [-0.2, -0.15) is 5.26 Å². The Bertz CT molecular complexity index is 632. The van der Waals surface area contributed by atoms with Crippen LogP contribution in [0.3, 0.4) is 0 Å². The first-order valence-corrected chi connectivity index (χ1v) is 5.13. The van der Waals surface area contributed by atoms with Crippen molar-refractivity contribution >= 4 is 5.69 Å². The summed E-state index contributed by atoms with van der Waals surface area (Å²) < 4.78 is 5.43. The summed E-state index contributed by atoms with van der Waals surface area (Å²) in [5.74, 6) is 0.416. The molecule has 0 spiro atoms. The van der Waals surface area contributed by atoms with Crippen molar-refractivity contribution in [3.63, 3.8) is 0 Å². The Kier molecular flexibility index (Phi) is 3.21. The first-order valence-electron chi connectivity index (χ1n) is 5.13. The highest BCUT2D eigenvalue weighted by Crippen LogP contribution is 2.32. The molecule has 0 fully saturated rings. The van der Waals surface area contributed by atoms with Crippen LogP contribution in [0, 0.1) is 21.4 Å². The van der Waals surface area contributed by atoms with Gasteiger partial charge in [0.25, 0.3) is 0 Å². The van der Waals surface area contributed by atoms with Crippen LogP contribution < -0.4 is 4.74 Å². The molecule has 0 unspecified atom stereocenters. The molecule has 0 aromatic heterocycles. The van der Waals surface area contributed by atoms with Gasteiger partial charge in [0.05, 0.1) is 10.5 Å². The zero-order valence-corrected chi connectivity index (χ0v) is 9.24. The number of ether oxygens (including phenoxy) is 1. The number of para-hydroxylation sites is 3. The van der Waals surface area contributed by atoms with Crippen LogP contribution in [-0.4, -0.2) is 4.92 Å². The lowest BCUT2D eigenvalue weighted by Gasteiger charge is -2.06. The summed E-state index contributed by atoms with van der Waals surface area (Å²) in [6.45, 7) is 0. The molecule has 0 N–H and O–H groups in total. The number of hydrogen-bond donors (Lipinski definition) is 0. The van der Waals surface area contributed by atoms with Crippen molar-refractivity contribution in [2.75, 3.05) is 0 Å². The van der Waals surface area contributed by atoms with Crippen LogP contribution in [-0.2, 0) is 0 Å². The van der Waals surface area contributed by atoms with Crippen molar-refractivity contribution in [3.8, 4) is 17.6 Å². The second kappa shape index (κ2) is 4.97. The average molecular weight is 240 g/mol. The quantitative estimate of drug-likeness (QED) is 0.609. The summed E-state index contributed by atoms with van der Waals surface area (Å²) in [6, 6.07) is 14.6. The van der Waals surface area contributed by atoms with Gasteiger partial charge in [-0.3, -0.25) is 10.1 Å². The summed E-state index contributed by atoms with van der Waals surface area (Å²) in [5.41, 5.74) is 0.195. The van der Waals surface area contributed by atoms with Crippen molar-refractivity contribution in [2.45, 2.75) is 0 Å². The minimum Gasteiger partial charge on any atom is -0.449 e. The molecule has 18 heavy (non-hydrogen) atoms. The van der Waals surface area contributed by atoms with Crippen LogP contribution in [0.4, 0.5) is 5.69 Å². The van der Waals surface area contributed by atoms with E-state index in [1.54, 1.807) is 36.4 Å². The van der Waals surface area contributed by atoms with Gasteiger partial charge in [0, 0.05) is 6.07 Å². The van der Waals surface area contributed by atoms with Crippen LogP contribution in [0.15, 0.2) is 48.5 Å². The van der Waals surface area contributed by atoms with E-state index >= 15 is 0 Å². The highest BCUT2D eigenvalue weighted by atomic mass is 16.6. The number of hydrogen-bond acceptors (Lipinski definition) is 4. The molecule has 0 aliphatic heterocycles. The van der Waals surface area contributed by atoms with E-state index in [-0.39, 0.29) is 11.4 Å². The van der Waals surface area contributed by atoms with E-state index in [1.807, 2.05) is 6.07 Å². The second-order valence-corrected chi connectivity index (χ2v) is 3.43. The van der Waals surface area contributed by atoms with Crippen molar-refractivity contribution in [1.29, 1.82) is 5.26 Å². The van der Waals surface area contributed by atoms with Crippen LogP contribution in [0.5, 0.6) is 11.5 Å². The summed E-state index contributed by atoms with van der Waals surface area (Å²) in [6.07, 6.45) is 0. The zero-order chi connectivity index (χ0) is 13.0. The van der Waals surface area contributed by atoms with Gasteiger partial charge in [-0.25, -0.2) is 0 Å². The lowest BCUT2D eigenvalue weighted by Crippen LogP contribution is -1.94. The van der Waals surface area contributed by atoms with E-state index in [9.17, 15) is 10.1 Å². The Labute approximate surface area is 103 Å². The largest absolute Gasteiger partial charge is 0.449 e. The van der Waals surface area contributed by atoms with Crippen LogP contribution in [0.2, 0.25) is 0 Å². The SMILES string of the molecule is N#Cc1ccccc1Oc1ccccc1[N+](=O)[O-]. The fraction of sp³-hybridized carbons (Fsp3) is 0. The van der Waals surface area contributed by atoms with Gasteiger partial charge < -0.3 is 4.74 Å². The number of nitro groups is 1. The van der Waals surface area contributed by atoms with E-state index in [1.165, 1.54) is 12.1 Å². The minimum atomic E-state index is -0.523. The molecule has 0 aliphatic carbocycles. The third-order valence-electron chi connectivity index (χ3n) is 2.29. The highest BCUT2D eigenvalue weighted by Gasteiger charge is 2.15. The monoisotopic (exact) mass is 240 g/mol. The first-order chi connectivity index (χ1) is 8.72. The molecular weight excluding hydrogens is 232 g/mol. The standard InChI is InChI=1S/C13H8N2O3/c14-9-10-5-1-3-7-12(10)18-13-8-4-2-6-11(13)15(16)17/h1-8H. The Balaban J connectivity index is 2.41. The zero-order valence-electron chi connectivity index (χ0n) is 9.24. The van der Waals surface area contributed by atoms with Gasteiger partial charge in [-0.05, 0) is 18.2 Å². The molecule has 2 rings (SSSR count). The number of nitriles is 1. The molecule has 0 saturated heterocycles. The second-order valence-electron chi connectivity index (χ2n) is 3.43. The first kappa shape index (κ1) is 11.6. The van der Waals surface area contributed by atoms with Gasteiger partial charge in [-0.1, -0.05) is 24.3 Å². The molecule has 0 atom stereocenters. The molecule has 0 bridgehead atoms. The van der Waals surface area contributed by atoms with E-state index in [2.05, 4.69) is 0 Å². The van der Waals surface area contributed by atoms with E-state index < -0.39 is 4.92 Å². The molecule has 2 aromatic rings. The Morgan fingerprint density at radius 1 is 1.06 bits per heavy atom. The van der Waals surface area contributed by atoms with Crippen LogP contribution >= 0.6 is 0 Å². The van der Waals surface area contributed by atoms with E-state index in [0.29, 0.717) is 11.3 Å². The Hall–Kier alpha value is -2.87. The molecule has 5 nitrogen and oxygen atoms in total. The summed E-state index contributed by atoms with van der Waals surface area (Å²) in [5, 5.41) is 19.7. The van der Waals surface area contributed by atoms with Crippen LogP contribution in [0.25, 0.3) is 0 Å². The topological polar surface area (TPSA) is 76.2 Å². The Morgan fingerprint density at radius 2 is 1.67 bits per heavy atom. The summed E-state index contributed by atoms with van der Waals surface area (Å²) >= 11 is 0. The lowest BCUT2D eigenvalue weighted by atomic mass is 10.2. The number of nitrogens with zero attached hydrogens (tertiary/aromatic N) is 2. The van der Waals surface area contributed by atoms with Gasteiger partial charge in [0.15, 0.2) is 0 Å². The molecule has 0 aliphatic rings. The van der Waals surface area contributed by atoms with E-state index in [4.69, 9.17) is 10.00 Å². The third kappa shape index (κ3) is 2.28. The maximum Gasteiger partial charge on any atom is 0.311 e. The van der Waals surface area contributed by atoms with Gasteiger partial charge >= 0.3 is 5.69 Å². The fourth-order valence-electron chi connectivity index (χ4n) is 1.46. The molecule has 88 valence electrons. The highest BCUT2D eigenvalue weighted by molar-refractivity contribution is 5.51. The maximum absolute atomic E-state index is 10.8. The average Bonchev–Trinajstić information content (AvgIpc) is 2.40. The third-order valence-corrected chi connectivity index (χ3v) is 2.29. The van der Waals surface area contributed by atoms with Crippen LogP contribution in [0.1, 0.15) is 5.56 Å². The van der Waals surface area contributed by atoms with Crippen molar-refractivity contribution in [3.05, 3.63) is 64.2 Å². The molecule has 0 heterocycles. The predicted molar refractivity (Wildman–Crippen MR) is 64.3 cm³/mol. The lowest BCUT2D eigenvalue weighted by molar-refractivity contribution is -0.385.